The maximum atomic E-state index is 5.21. The van der Waals surface area contributed by atoms with Gasteiger partial charge in [-0.2, -0.15) is 0 Å². The van der Waals surface area contributed by atoms with Crippen molar-refractivity contribution in [2.75, 3.05) is 13.7 Å². The van der Waals surface area contributed by atoms with E-state index >= 15 is 0 Å². The zero-order valence-corrected chi connectivity index (χ0v) is 10.9. The van der Waals surface area contributed by atoms with Crippen LogP contribution in [0, 0.1) is 0 Å². The number of aromatic nitrogens is 2. The Kier molecular flexibility index (Phi) is 4.36. The number of imidazole rings is 1. The van der Waals surface area contributed by atoms with Crippen LogP contribution in [0.3, 0.4) is 0 Å². The van der Waals surface area contributed by atoms with E-state index in [0.29, 0.717) is 0 Å². The van der Waals surface area contributed by atoms with E-state index in [4.69, 9.17) is 4.74 Å². The molecule has 0 bridgehead atoms. The maximum Gasteiger partial charge on any atom is 0.119 e. The van der Waals surface area contributed by atoms with Gasteiger partial charge in [-0.3, -0.25) is 0 Å². The molecule has 0 amide bonds. The first-order valence-corrected chi connectivity index (χ1v) is 6.18. The number of benzene rings is 1. The molecule has 1 aromatic carbocycles. The van der Waals surface area contributed by atoms with Crippen molar-refractivity contribution in [2.45, 2.75) is 19.9 Å². The summed E-state index contributed by atoms with van der Waals surface area (Å²) in [5.74, 6) is 1.86. The van der Waals surface area contributed by atoms with Crippen molar-refractivity contribution in [3.05, 3.63) is 47.5 Å². The Labute approximate surface area is 107 Å². The number of nitrogens with zero attached hydrogens (tertiary/aromatic N) is 1. The number of rotatable bonds is 6. The molecule has 1 heterocycles. The van der Waals surface area contributed by atoms with Crippen LogP contribution in [0.4, 0.5) is 0 Å². The molecule has 0 unspecified atom stereocenters. The summed E-state index contributed by atoms with van der Waals surface area (Å²) < 4.78 is 5.21. The van der Waals surface area contributed by atoms with Crippen molar-refractivity contribution in [3.63, 3.8) is 0 Å². The average Bonchev–Trinajstić information content (AvgIpc) is 2.84. The van der Waals surface area contributed by atoms with Crippen LogP contribution >= 0.6 is 0 Å². The predicted octanol–water partition coefficient (Wildman–Crippen LogP) is 2.12. The van der Waals surface area contributed by atoms with Crippen LogP contribution in [0.15, 0.2) is 30.5 Å². The lowest BCUT2D eigenvalue weighted by atomic mass is 10.1. The van der Waals surface area contributed by atoms with Crippen LogP contribution < -0.4 is 10.1 Å². The van der Waals surface area contributed by atoms with E-state index in [2.05, 4.69) is 28.3 Å². The lowest BCUT2D eigenvalue weighted by molar-refractivity contribution is 0.414. The molecule has 18 heavy (non-hydrogen) atoms. The number of hydrogen-bond donors (Lipinski definition) is 2. The van der Waals surface area contributed by atoms with Crippen molar-refractivity contribution in [2.24, 2.45) is 0 Å². The molecule has 0 saturated carbocycles. The molecule has 0 fully saturated rings. The second-order valence-corrected chi connectivity index (χ2v) is 4.16. The standard InChI is InChI=1S/C14H19N3O/c1-3-15-9-12-10-16-14(17-12)8-11-5-4-6-13(7-11)18-2/h4-7,10,15H,3,8-9H2,1-2H3,(H,16,17). The Balaban J connectivity index is 2.01. The SMILES string of the molecule is CCNCc1cnc(Cc2cccc(OC)c2)[nH]1. The van der Waals surface area contributed by atoms with Gasteiger partial charge >= 0.3 is 0 Å². The van der Waals surface area contributed by atoms with Crippen molar-refractivity contribution in [3.8, 4) is 5.75 Å². The molecule has 4 nitrogen and oxygen atoms in total. The molecule has 2 rings (SSSR count). The van der Waals surface area contributed by atoms with Crippen LogP contribution in [0.25, 0.3) is 0 Å². The van der Waals surface area contributed by atoms with E-state index in [0.717, 1.165) is 36.8 Å². The topological polar surface area (TPSA) is 49.9 Å². The van der Waals surface area contributed by atoms with E-state index in [-0.39, 0.29) is 0 Å². The highest BCUT2D eigenvalue weighted by Crippen LogP contribution is 2.14. The molecule has 96 valence electrons. The van der Waals surface area contributed by atoms with Gasteiger partial charge in [0.1, 0.15) is 11.6 Å². The summed E-state index contributed by atoms with van der Waals surface area (Å²) in [5, 5.41) is 3.27. The van der Waals surface area contributed by atoms with E-state index in [9.17, 15) is 0 Å². The van der Waals surface area contributed by atoms with Gasteiger partial charge in [0.05, 0.1) is 7.11 Å². The first-order chi connectivity index (χ1) is 8.81. The summed E-state index contributed by atoms with van der Waals surface area (Å²) >= 11 is 0. The molecular formula is C14H19N3O. The molecule has 0 atom stereocenters. The molecule has 0 aliphatic rings. The molecule has 0 spiro atoms. The number of methoxy groups -OCH3 is 1. The first kappa shape index (κ1) is 12.6. The quantitative estimate of drug-likeness (QED) is 0.819. The molecule has 0 radical (unpaired) electrons. The summed E-state index contributed by atoms with van der Waals surface area (Å²) in [6.45, 7) is 3.89. The van der Waals surface area contributed by atoms with Crippen LogP contribution in [-0.2, 0) is 13.0 Å². The summed E-state index contributed by atoms with van der Waals surface area (Å²) in [6, 6.07) is 8.06. The lowest BCUT2D eigenvalue weighted by Gasteiger charge is -2.02. The van der Waals surface area contributed by atoms with Crippen molar-refractivity contribution >= 4 is 0 Å². The summed E-state index contributed by atoms with van der Waals surface area (Å²) in [6.07, 6.45) is 2.68. The molecular weight excluding hydrogens is 226 g/mol. The molecule has 0 aliphatic heterocycles. The van der Waals surface area contributed by atoms with Gasteiger partial charge in [0.25, 0.3) is 0 Å². The minimum atomic E-state index is 0.795. The summed E-state index contributed by atoms with van der Waals surface area (Å²) in [5.41, 5.74) is 2.31. The monoisotopic (exact) mass is 245 g/mol. The largest absolute Gasteiger partial charge is 0.497 e. The van der Waals surface area contributed by atoms with Crippen LogP contribution in [0.1, 0.15) is 24.0 Å². The van der Waals surface area contributed by atoms with Gasteiger partial charge < -0.3 is 15.0 Å². The summed E-state index contributed by atoms with van der Waals surface area (Å²) in [7, 11) is 1.68. The van der Waals surface area contributed by atoms with E-state index < -0.39 is 0 Å². The number of ether oxygens (including phenoxy) is 1. The molecule has 1 aromatic heterocycles. The number of nitrogens with one attached hydrogen (secondary N) is 2. The Morgan fingerprint density at radius 3 is 3.06 bits per heavy atom. The maximum absolute atomic E-state index is 5.21. The smallest absolute Gasteiger partial charge is 0.119 e. The second-order valence-electron chi connectivity index (χ2n) is 4.16. The third-order valence-corrected chi connectivity index (χ3v) is 2.75. The van der Waals surface area contributed by atoms with Gasteiger partial charge in [0.15, 0.2) is 0 Å². The van der Waals surface area contributed by atoms with Gasteiger partial charge in [0, 0.05) is 24.9 Å². The molecule has 2 aromatic rings. The Morgan fingerprint density at radius 1 is 1.39 bits per heavy atom. The van der Waals surface area contributed by atoms with Gasteiger partial charge in [-0.15, -0.1) is 0 Å². The molecule has 2 N–H and O–H groups in total. The minimum absolute atomic E-state index is 0.795. The number of aromatic amines is 1. The Morgan fingerprint density at radius 2 is 2.28 bits per heavy atom. The third kappa shape index (κ3) is 3.34. The van der Waals surface area contributed by atoms with Crippen LogP contribution in [-0.4, -0.2) is 23.6 Å². The van der Waals surface area contributed by atoms with E-state index in [1.807, 2.05) is 24.4 Å². The number of hydrogen-bond acceptors (Lipinski definition) is 3. The lowest BCUT2D eigenvalue weighted by Crippen LogP contribution is -2.11. The fourth-order valence-corrected chi connectivity index (χ4v) is 1.82. The fourth-order valence-electron chi connectivity index (χ4n) is 1.82. The van der Waals surface area contributed by atoms with Crippen molar-refractivity contribution in [1.82, 2.24) is 15.3 Å². The fraction of sp³-hybridized carbons (Fsp3) is 0.357. The number of H-pyrrole nitrogens is 1. The van der Waals surface area contributed by atoms with Gasteiger partial charge in [0.2, 0.25) is 0 Å². The zero-order chi connectivity index (χ0) is 12.8. The van der Waals surface area contributed by atoms with E-state index in [1.54, 1.807) is 7.11 Å². The zero-order valence-electron chi connectivity index (χ0n) is 10.9. The minimum Gasteiger partial charge on any atom is -0.497 e. The normalized spacial score (nSPS) is 10.6. The average molecular weight is 245 g/mol. The highest BCUT2D eigenvalue weighted by atomic mass is 16.5. The first-order valence-electron chi connectivity index (χ1n) is 6.18. The Bertz CT molecular complexity index is 493. The van der Waals surface area contributed by atoms with Gasteiger partial charge in [-0.1, -0.05) is 19.1 Å². The second kappa shape index (κ2) is 6.21. The van der Waals surface area contributed by atoms with Crippen LogP contribution in [0.2, 0.25) is 0 Å². The van der Waals surface area contributed by atoms with Crippen LogP contribution in [0.5, 0.6) is 5.75 Å². The van der Waals surface area contributed by atoms with Crippen molar-refractivity contribution < 1.29 is 4.74 Å². The third-order valence-electron chi connectivity index (χ3n) is 2.75. The summed E-state index contributed by atoms with van der Waals surface area (Å²) in [4.78, 5) is 7.70. The highest BCUT2D eigenvalue weighted by molar-refractivity contribution is 5.30. The van der Waals surface area contributed by atoms with Gasteiger partial charge in [-0.25, -0.2) is 4.98 Å². The molecule has 0 saturated heterocycles. The predicted molar refractivity (Wildman–Crippen MR) is 71.8 cm³/mol. The molecule has 4 heteroatoms. The van der Waals surface area contributed by atoms with E-state index in [1.165, 1.54) is 5.56 Å². The van der Waals surface area contributed by atoms with Gasteiger partial charge in [-0.05, 0) is 24.2 Å². The van der Waals surface area contributed by atoms with Crippen molar-refractivity contribution in [1.29, 1.82) is 0 Å². The molecule has 0 aliphatic carbocycles. The Hall–Kier alpha value is -1.81. The highest BCUT2D eigenvalue weighted by Gasteiger charge is 2.02.